The number of carbonyl (C=O) groups excluding carboxylic acids is 1. The number of ether oxygens (including phenoxy) is 1. The predicted molar refractivity (Wildman–Crippen MR) is 62.3 cm³/mol. The molecule has 0 aromatic carbocycles. The van der Waals surface area contributed by atoms with Crippen molar-refractivity contribution in [3.8, 4) is 0 Å². The van der Waals surface area contributed by atoms with Gasteiger partial charge in [-0.05, 0) is 12.8 Å². The van der Waals surface area contributed by atoms with E-state index >= 15 is 0 Å². The molecule has 1 rings (SSSR count). The van der Waals surface area contributed by atoms with Gasteiger partial charge in [0.05, 0.1) is 19.3 Å². The molecule has 0 aromatic heterocycles. The van der Waals surface area contributed by atoms with Crippen molar-refractivity contribution >= 4 is 6.29 Å². The minimum Gasteiger partial charge on any atom is -0.394 e. The molecule has 0 radical (unpaired) electrons. The molecule has 4 heteroatoms. The fourth-order valence-corrected chi connectivity index (χ4v) is 2.07. The van der Waals surface area contributed by atoms with Crippen molar-refractivity contribution in [3.05, 3.63) is 0 Å². The van der Waals surface area contributed by atoms with Gasteiger partial charge in [-0.25, -0.2) is 0 Å². The molecule has 0 amide bonds. The molecular weight excluding hydrogens is 206 g/mol. The van der Waals surface area contributed by atoms with Crippen LogP contribution in [0.5, 0.6) is 0 Å². The zero-order valence-corrected chi connectivity index (χ0v) is 10.3. The Morgan fingerprint density at radius 3 is 2.56 bits per heavy atom. The van der Waals surface area contributed by atoms with Crippen LogP contribution in [0.15, 0.2) is 0 Å². The first-order valence-electron chi connectivity index (χ1n) is 5.98. The second kappa shape index (κ2) is 6.33. The number of piperidine rings is 1. The topological polar surface area (TPSA) is 49.8 Å². The summed E-state index contributed by atoms with van der Waals surface area (Å²) in [6.07, 6.45) is 3.30. The molecule has 94 valence electrons. The summed E-state index contributed by atoms with van der Waals surface area (Å²) in [6.45, 7) is 7.25. The number of aliphatic hydroxyl groups excluding tert-OH is 1. The van der Waals surface area contributed by atoms with Crippen molar-refractivity contribution in [3.63, 3.8) is 0 Å². The highest BCUT2D eigenvalue weighted by atomic mass is 16.5. The first kappa shape index (κ1) is 13.6. The molecule has 1 N–H and O–H groups in total. The number of carbonyl (C=O) groups is 1. The molecule has 1 aliphatic heterocycles. The summed E-state index contributed by atoms with van der Waals surface area (Å²) < 4.78 is 5.49. The maximum absolute atomic E-state index is 10.8. The van der Waals surface area contributed by atoms with Gasteiger partial charge in [0.15, 0.2) is 0 Å². The number of aliphatic hydroxyl groups is 1. The normalized spacial score (nSPS) is 19.9. The monoisotopic (exact) mass is 229 g/mol. The summed E-state index contributed by atoms with van der Waals surface area (Å²) in [5.41, 5.74) is -0.251. The van der Waals surface area contributed by atoms with Gasteiger partial charge < -0.3 is 19.5 Å². The molecule has 0 aliphatic carbocycles. The molecule has 1 aliphatic rings. The van der Waals surface area contributed by atoms with E-state index in [1.807, 2.05) is 13.8 Å². The van der Waals surface area contributed by atoms with E-state index in [1.54, 1.807) is 0 Å². The summed E-state index contributed by atoms with van der Waals surface area (Å²) >= 11 is 0. The zero-order valence-electron chi connectivity index (χ0n) is 10.3. The molecule has 0 unspecified atom stereocenters. The average Bonchev–Trinajstić information content (AvgIpc) is 2.28. The van der Waals surface area contributed by atoms with Crippen LogP contribution in [0.25, 0.3) is 0 Å². The van der Waals surface area contributed by atoms with Crippen LogP contribution < -0.4 is 0 Å². The Morgan fingerprint density at radius 2 is 2.06 bits per heavy atom. The maximum Gasteiger partial charge on any atom is 0.126 e. The van der Waals surface area contributed by atoms with Gasteiger partial charge in [0.25, 0.3) is 0 Å². The van der Waals surface area contributed by atoms with Crippen LogP contribution in [0.1, 0.15) is 26.7 Å². The SMILES string of the molecule is CC(C)(C=O)CN1CCC(OCCO)CC1. The highest BCUT2D eigenvalue weighted by molar-refractivity contribution is 5.58. The number of likely N-dealkylation sites (tertiary alicyclic amines) is 1. The van der Waals surface area contributed by atoms with Gasteiger partial charge in [0.2, 0.25) is 0 Å². The highest BCUT2D eigenvalue weighted by Gasteiger charge is 2.25. The Morgan fingerprint density at radius 1 is 1.44 bits per heavy atom. The van der Waals surface area contributed by atoms with E-state index in [0.717, 1.165) is 38.8 Å². The Labute approximate surface area is 97.6 Å². The van der Waals surface area contributed by atoms with E-state index in [4.69, 9.17) is 9.84 Å². The molecule has 0 spiro atoms. The molecule has 4 nitrogen and oxygen atoms in total. The standard InChI is InChI=1S/C12H23NO3/c1-12(2,10-15)9-13-5-3-11(4-6-13)16-8-7-14/h10-11,14H,3-9H2,1-2H3. The molecule has 1 saturated heterocycles. The third kappa shape index (κ3) is 4.60. The van der Waals surface area contributed by atoms with Crippen molar-refractivity contribution in [1.29, 1.82) is 0 Å². The Bertz CT molecular complexity index is 210. The van der Waals surface area contributed by atoms with Crippen LogP contribution in [0.4, 0.5) is 0 Å². The van der Waals surface area contributed by atoms with E-state index in [1.165, 1.54) is 0 Å². The van der Waals surface area contributed by atoms with Crippen LogP contribution >= 0.6 is 0 Å². The zero-order chi connectivity index (χ0) is 12.0. The van der Waals surface area contributed by atoms with E-state index < -0.39 is 0 Å². The minimum atomic E-state index is -0.251. The fraction of sp³-hybridized carbons (Fsp3) is 0.917. The Balaban J connectivity index is 2.24. The average molecular weight is 229 g/mol. The van der Waals surface area contributed by atoms with Crippen LogP contribution in [0, 0.1) is 5.41 Å². The number of hydrogen-bond acceptors (Lipinski definition) is 4. The molecule has 0 bridgehead atoms. The second-order valence-corrected chi connectivity index (χ2v) is 5.18. The largest absolute Gasteiger partial charge is 0.394 e. The van der Waals surface area contributed by atoms with Crippen molar-refractivity contribution in [1.82, 2.24) is 4.90 Å². The van der Waals surface area contributed by atoms with Crippen LogP contribution in [0.3, 0.4) is 0 Å². The van der Waals surface area contributed by atoms with E-state index in [0.29, 0.717) is 6.61 Å². The number of rotatable bonds is 6. The third-order valence-corrected chi connectivity index (χ3v) is 2.93. The lowest BCUT2D eigenvalue weighted by atomic mass is 9.94. The van der Waals surface area contributed by atoms with Gasteiger partial charge >= 0.3 is 0 Å². The molecular formula is C12H23NO3. The van der Waals surface area contributed by atoms with Gasteiger partial charge in [0.1, 0.15) is 6.29 Å². The van der Waals surface area contributed by atoms with Crippen LogP contribution in [0.2, 0.25) is 0 Å². The van der Waals surface area contributed by atoms with E-state index in [9.17, 15) is 4.79 Å². The molecule has 16 heavy (non-hydrogen) atoms. The number of aldehydes is 1. The molecule has 0 aromatic rings. The third-order valence-electron chi connectivity index (χ3n) is 2.93. The quantitative estimate of drug-likeness (QED) is 0.681. The summed E-state index contributed by atoms with van der Waals surface area (Å²) in [4.78, 5) is 13.1. The predicted octanol–water partition coefficient (Wildman–Crippen LogP) is 0.685. The van der Waals surface area contributed by atoms with E-state index in [-0.39, 0.29) is 18.1 Å². The summed E-state index contributed by atoms with van der Waals surface area (Å²) in [6, 6.07) is 0. The van der Waals surface area contributed by atoms with Gasteiger partial charge in [-0.3, -0.25) is 0 Å². The molecule has 0 atom stereocenters. The Hall–Kier alpha value is -0.450. The summed E-state index contributed by atoms with van der Waals surface area (Å²) in [5, 5.41) is 8.66. The van der Waals surface area contributed by atoms with Gasteiger partial charge in [-0.2, -0.15) is 0 Å². The Kier molecular flexibility index (Phi) is 5.38. The van der Waals surface area contributed by atoms with Gasteiger partial charge in [-0.15, -0.1) is 0 Å². The number of hydrogen-bond donors (Lipinski definition) is 1. The summed E-state index contributed by atoms with van der Waals surface area (Å²) in [7, 11) is 0. The lowest BCUT2D eigenvalue weighted by molar-refractivity contribution is -0.116. The van der Waals surface area contributed by atoms with Crippen molar-refractivity contribution < 1.29 is 14.6 Å². The van der Waals surface area contributed by atoms with Gasteiger partial charge in [0, 0.05) is 25.0 Å². The minimum absolute atomic E-state index is 0.0956. The van der Waals surface area contributed by atoms with Crippen LogP contribution in [-0.2, 0) is 9.53 Å². The first-order valence-corrected chi connectivity index (χ1v) is 5.98. The first-order chi connectivity index (χ1) is 7.57. The molecule has 0 saturated carbocycles. The fourth-order valence-electron chi connectivity index (χ4n) is 2.07. The van der Waals surface area contributed by atoms with E-state index in [2.05, 4.69) is 4.90 Å². The molecule has 1 fully saturated rings. The molecule has 1 heterocycles. The summed E-state index contributed by atoms with van der Waals surface area (Å²) in [5.74, 6) is 0. The van der Waals surface area contributed by atoms with Crippen molar-refractivity contribution in [2.45, 2.75) is 32.8 Å². The lowest BCUT2D eigenvalue weighted by Crippen LogP contribution is -2.42. The number of nitrogens with zero attached hydrogens (tertiary/aromatic N) is 1. The van der Waals surface area contributed by atoms with Gasteiger partial charge in [-0.1, -0.05) is 13.8 Å². The second-order valence-electron chi connectivity index (χ2n) is 5.18. The van der Waals surface area contributed by atoms with Crippen molar-refractivity contribution in [2.75, 3.05) is 32.8 Å². The van der Waals surface area contributed by atoms with Crippen molar-refractivity contribution in [2.24, 2.45) is 5.41 Å². The lowest BCUT2D eigenvalue weighted by Gasteiger charge is -2.35. The smallest absolute Gasteiger partial charge is 0.126 e. The van der Waals surface area contributed by atoms with Crippen LogP contribution in [-0.4, -0.2) is 55.2 Å². The highest BCUT2D eigenvalue weighted by Crippen LogP contribution is 2.19. The maximum atomic E-state index is 10.8.